The lowest BCUT2D eigenvalue weighted by Crippen LogP contribution is -1.94. The van der Waals surface area contributed by atoms with Crippen molar-refractivity contribution >= 4 is 58.3 Å². The Morgan fingerprint density at radius 2 is 1.81 bits per heavy atom. The van der Waals surface area contributed by atoms with Crippen LogP contribution in [0.2, 0.25) is 15.1 Å². The Bertz CT molecular complexity index is 855. The van der Waals surface area contributed by atoms with E-state index in [1.54, 1.807) is 34.9 Å². The van der Waals surface area contributed by atoms with Crippen LogP contribution < -0.4 is 5.73 Å². The average Bonchev–Trinajstić information content (AvgIpc) is 2.81. The summed E-state index contributed by atoms with van der Waals surface area (Å²) in [5.41, 5.74) is 7.71. The molecule has 2 heterocycles. The number of rotatable bonds is 2. The van der Waals surface area contributed by atoms with Crippen LogP contribution >= 0.6 is 34.8 Å². The lowest BCUT2D eigenvalue weighted by Gasteiger charge is -2.00. The molecule has 2 N–H and O–H groups in total. The van der Waals surface area contributed by atoms with E-state index >= 15 is 0 Å². The van der Waals surface area contributed by atoms with Gasteiger partial charge < -0.3 is 5.73 Å². The zero-order valence-corrected chi connectivity index (χ0v) is 12.9. The third-order valence-corrected chi connectivity index (χ3v) is 3.67. The van der Waals surface area contributed by atoms with Crippen molar-refractivity contribution in [1.82, 2.24) is 14.6 Å². The first-order valence-corrected chi connectivity index (χ1v) is 7.11. The number of halogens is 3. The first-order chi connectivity index (χ1) is 10.0. The number of hydrogen-bond donors (Lipinski definition) is 1. The van der Waals surface area contributed by atoms with Crippen LogP contribution in [0.5, 0.6) is 0 Å². The van der Waals surface area contributed by atoms with Gasteiger partial charge in [-0.3, -0.25) is 4.40 Å². The Hall–Kier alpha value is -1.75. The summed E-state index contributed by atoms with van der Waals surface area (Å²) >= 11 is 18.0. The average molecular weight is 340 g/mol. The number of nitrogens with two attached hydrogens (primary N) is 1. The molecule has 0 aliphatic heterocycles. The van der Waals surface area contributed by atoms with Gasteiger partial charge in [0.25, 0.3) is 0 Å². The second kappa shape index (κ2) is 5.56. The number of fused-ring (bicyclic) bond motifs is 1. The highest BCUT2D eigenvalue weighted by Crippen LogP contribution is 2.23. The van der Waals surface area contributed by atoms with Gasteiger partial charge in [-0.25, -0.2) is 0 Å². The minimum absolute atomic E-state index is 0.471. The number of hydrogen-bond acceptors (Lipinski definition) is 3. The molecule has 0 saturated heterocycles. The van der Waals surface area contributed by atoms with Crippen LogP contribution in [0.3, 0.4) is 0 Å². The molecule has 0 aliphatic rings. The Morgan fingerprint density at radius 3 is 2.57 bits per heavy atom. The fourth-order valence-electron chi connectivity index (χ4n) is 1.92. The van der Waals surface area contributed by atoms with E-state index in [-0.39, 0.29) is 0 Å². The van der Waals surface area contributed by atoms with Gasteiger partial charge in [-0.05, 0) is 35.9 Å². The van der Waals surface area contributed by atoms with E-state index in [1.807, 2.05) is 12.1 Å². The van der Waals surface area contributed by atoms with E-state index in [9.17, 15) is 0 Å². The van der Waals surface area contributed by atoms with Gasteiger partial charge in [0.15, 0.2) is 11.5 Å². The van der Waals surface area contributed by atoms with Gasteiger partial charge in [0.1, 0.15) is 0 Å². The first-order valence-electron chi connectivity index (χ1n) is 5.97. The van der Waals surface area contributed by atoms with Crippen molar-refractivity contribution in [2.45, 2.75) is 0 Å². The van der Waals surface area contributed by atoms with Crippen molar-refractivity contribution in [3.05, 3.63) is 56.9 Å². The summed E-state index contributed by atoms with van der Waals surface area (Å²) in [6.45, 7) is 0. The molecule has 0 aliphatic carbocycles. The Morgan fingerprint density at radius 1 is 1.00 bits per heavy atom. The molecule has 1 aromatic carbocycles. The molecule has 0 spiro atoms. The molecule has 0 unspecified atom stereocenters. The van der Waals surface area contributed by atoms with Crippen molar-refractivity contribution < 1.29 is 0 Å². The molecule has 0 saturated carbocycles. The zero-order chi connectivity index (χ0) is 15.0. The number of anilines is 1. The van der Waals surface area contributed by atoms with E-state index in [0.29, 0.717) is 32.2 Å². The van der Waals surface area contributed by atoms with E-state index in [0.717, 1.165) is 5.56 Å². The van der Waals surface area contributed by atoms with Crippen LogP contribution in [0.4, 0.5) is 5.69 Å². The quantitative estimate of drug-likeness (QED) is 0.751. The van der Waals surface area contributed by atoms with E-state index in [4.69, 9.17) is 40.5 Å². The third kappa shape index (κ3) is 2.83. The van der Waals surface area contributed by atoms with Gasteiger partial charge in [0.2, 0.25) is 0 Å². The monoisotopic (exact) mass is 338 g/mol. The maximum Gasteiger partial charge on any atom is 0.184 e. The third-order valence-electron chi connectivity index (χ3n) is 2.90. The predicted octanol–water partition coefficient (Wildman–Crippen LogP) is 4.44. The normalized spacial score (nSPS) is 11.6. The van der Waals surface area contributed by atoms with Gasteiger partial charge in [-0.15, -0.1) is 10.2 Å². The van der Waals surface area contributed by atoms with Crippen LogP contribution in [-0.2, 0) is 0 Å². The molecule has 3 rings (SSSR count). The molecule has 7 heteroatoms. The molecule has 0 atom stereocenters. The summed E-state index contributed by atoms with van der Waals surface area (Å²) in [6.07, 6.45) is 5.31. The van der Waals surface area contributed by atoms with Crippen molar-refractivity contribution in [2.75, 3.05) is 5.73 Å². The first kappa shape index (κ1) is 14.2. The predicted molar refractivity (Wildman–Crippen MR) is 87.8 cm³/mol. The fourth-order valence-corrected chi connectivity index (χ4v) is 2.60. The lowest BCUT2D eigenvalue weighted by atomic mass is 10.2. The molecule has 0 fully saturated rings. The largest absolute Gasteiger partial charge is 0.396 e. The summed E-state index contributed by atoms with van der Waals surface area (Å²) < 4.78 is 1.72. The van der Waals surface area contributed by atoms with E-state index in [2.05, 4.69) is 10.2 Å². The Labute approximate surface area is 135 Å². The number of aromatic nitrogens is 3. The molecular weight excluding hydrogens is 331 g/mol. The maximum absolute atomic E-state index is 6.12. The van der Waals surface area contributed by atoms with Crippen LogP contribution in [0.1, 0.15) is 11.4 Å². The minimum atomic E-state index is 0.471. The van der Waals surface area contributed by atoms with Gasteiger partial charge in [-0.1, -0.05) is 40.9 Å². The molecule has 0 amide bonds. The lowest BCUT2D eigenvalue weighted by molar-refractivity contribution is 1.08. The van der Waals surface area contributed by atoms with Gasteiger partial charge in [-0.2, -0.15) is 0 Å². The smallest absolute Gasteiger partial charge is 0.184 e. The molecule has 4 nitrogen and oxygen atoms in total. The summed E-state index contributed by atoms with van der Waals surface area (Å²) in [5, 5.41) is 9.77. The standard InChI is InChI=1S/C14H9Cl3N4/c15-9-3-1-8(11(17)5-9)2-4-13-19-20-14-12(18)6-10(16)7-21(13)14/h1-7H,18H2/b4-2+. The summed E-state index contributed by atoms with van der Waals surface area (Å²) in [5.74, 6) is 0.602. The van der Waals surface area contributed by atoms with Gasteiger partial charge in [0.05, 0.1) is 10.7 Å². The highest BCUT2D eigenvalue weighted by molar-refractivity contribution is 6.35. The number of nitrogen functional groups attached to an aromatic ring is 1. The summed E-state index contributed by atoms with van der Waals surface area (Å²) in [7, 11) is 0. The van der Waals surface area contributed by atoms with Crippen LogP contribution in [0.25, 0.3) is 17.8 Å². The highest BCUT2D eigenvalue weighted by Gasteiger charge is 2.07. The number of benzene rings is 1. The number of pyridine rings is 1. The van der Waals surface area contributed by atoms with Crippen LogP contribution in [0.15, 0.2) is 30.5 Å². The minimum Gasteiger partial charge on any atom is -0.396 e. The summed E-state index contributed by atoms with van der Waals surface area (Å²) in [4.78, 5) is 0. The SMILES string of the molecule is Nc1cc(Cl)cn2c(/C=C/c3ccc(Cl)cc3Cl)nnc12. The van der Waals surface area contributed by atoms with Crippen molar-refractivity contribution in [1.29, 1.82) is 0 Å². The second-order valence-electron chi connectivity index (χ2n) is 4.36. The Kier molecular flexibility index (Phi) is 3.76. The van der Waals surface area contributed by atoms with Crippen LogP contribution in [-0.4, -0.2) is 14.6 Å². The highest BCUT2D eigenvalue weighted by atomic mass is 35.5. The molecule has 3 aromatic rings. The molecule has 2 aromatic heterocycles. The van der Waals surface area contributed by atoms with E-state index in [1.165, 1.54) is 0 Å². The van der Waals surface area contributed by atoms with Crippen molar-refractivity contribution in [3.63, 3.8) is 0 Å². The molecule has 106 valence electrons. The van der Waals surface area contributed by atoms with Crippen molar-refractivity contribution in [2.24, 2.45) is 0 Å². The van der Waals surface area contributed by atoms with E-state index < -0.39 is 0 Å². The molecule has 21 heavy (non-hydrogen) atoms. The molecule has 0 radical (unpaired) electrons. The van der Waals surface area contributed by atoms with Crippen molar-refractivity contribution in [3.8, 4) is 0 Å². The van der Waals surface area contributed by atoms with Gasteiger partial charge in [0, 0.05) is 16.2 Å². The number of nitrogens with zero attached hydrogens (tertiary/aromatic N) is 3. The fraction of sp³-hybridized carbons (Fsp3) is 0. The second-order valence-corrected chi connectivity index (χ2v) is 5.64. The van der Waals surface area contributed by atoms with Gasteiger partial charge >= 0.3 is 0 Å². The maximum atomic E-state index is 6.12. The molecular formula is C14H9Cl3N4. The molecule has 0 bridgehead atoms. The topological polar surface area (TPSA) is 56.2 Å². The zero-order valence-electron chi connectivity index (χ0n) is 10.6. The Balaban J connectivity index is 2.03. The summed E-state index contributed by atoms with van der Waals surface area (Å²) in [6, 6.07) is 6.91. The van der Waals surface area contributed by atoms with Crippen LogP contribution in [0, 0.1) is 0 Å².